The lowest BCUT2D eigenvalue weighted by Gasteiger charge is -2.03. The van der Waals surface area contributed by atoms with Gasteiger partial charge in [0, 0.05) is 11.1 Å². The highest BCUT2D eigenvalue weighted by molar-refractivity contribution is 5.70. The third-order valence-corrected chi connectivity index (χ3v) is 3.55. The molecule has 0 aliphatic rings. The maximum Gasteiger partial charge on any atom is 0.132 e. The Morgan fingerprint density at radius 2 is 1.76 bits per heavy atom. The summed E-state index contributed by atoms with van der Waals surface area (Å²) in [5.41, 5.74) is 9.82. The van der Waals surface area contributed by atoms with Crippen molar-refractivity contribution >= 4 is 5.82 Å². The number of benzene rings is 2. The van der Waals surface area contributed by atoms with Crippen LogP contribution in [0, 0.1) is 19.7 Å². The summed E-state index contributed by atoms with van der Waals surface area (Å²) in [6.07, 6.45) is 0. The zero-order chi connectivity index (χ0) is 15.0. The van der Waals surface area contributed by atoms with Crippen LogP contribution in [0.25, 0.3) is 16.9 Å². The Hall–Kier alpha value is -2.62. The first-order valence-electron chi connectivity index (χ1n) is 6.75. The van der Waals surface area contributed by atoms with Crippen molar-refractivity contribution in [2.24, 2.45) is 0 Å². The SMILES string of the molecule is Cc1ccc(F)c(-c2nn(-c3ccccc3)c(N)c2C)c1. The Balaban J connectivity index is 2.20. The Labute approximate surface area is 122 Å². The Bertz CT molecular complexity index is 791. The van der Waals surface area contributed by atoms with Crippen LogP contribution in [0.3, 0.4) is 0 Å². The molecule has 0 saturated carbocycles. The highest BCUT2D eigenvalue weighted by atomic mass is 19.1. The smallest absolute Gasteiger partial charge is 0.132 e. The summed E-state index contributed by atoms with van der Waals surface area (Å²) < 4.78 is 15.7. The predicted octanol–water partition coefficient (Wildman–Crippen LogP) is 3.88. The molecule has 0 unspecified atom stereocenters. The fourth-order valence-electron chi connectivity index (χ4n) is 2.35. The number of rotatable bonds is 2. The maximum absolute atomic E-state index is 14.1. The standard InChI is InChI=1S/C17H16FN3/c1-11-8-9-15(18)14(10-11)16-12(2)17(19)21(20-16)13-6-4-3-5-7-13/h3-10H,19H2,1-2H3. The zero-order valence-corrected chi connectivity index (χ0v) is 12.0. The van der Waals surface area contributed by atoms with Crippen LogP contribution in [0.15, 0.2) is 48.5 Å². The lowest BCUT2D eigenvalue weighted by molar-refractivity contribution is 0.630. The van der Waals surface area contributed by atoms with Crippen LogP contribution in [0.5, 0.6) is 0 Å². The van der Waals surface area contributed by atoms with Crippen molar-refractivity contribution in [2.45, 2.75) is 13.8 Å². The Kier molecular flexibility index (Phi) is 3.22. The van der Waals surface area contributed by atoms with Gasteiger partial charge in [-0.1, -0.05) is 29.8 Å². The largest absolute Gasteiger partial charge is 0.383 e. The minimum absolute atomic E-state index is 0.290. The topological polar surface area (TPSA) is 43.8 Å². The summed E-state index contributed by atoms with van der Waals surface area (Å²) >= 11 is 0. The van der Waals surface area contributed by atoms with Gasteiger partial charge in [0.1, 0.15) is 17.3 Å². The molecular formula is C17H16FN3. The molecule has 1 aromatic heterocycles. The van der Waals surface area contributed by atoms with Crippen molar-refractivity contribution in [3.8, 4) is 16.9 Å². The van der Waals surface area contributed by atoms with Gasteiger partial charge < -0.3 is 5.73 Å². The molecule has 0 radical (unpaired) electrons. The summed E-state index contributed by atoms with van der Waals surface area (Å²) in [4.78, 5) is 0. The Morgan fingerprint density at radius 1 is 1.05 bits per heavy atom. The summed E-state index contributed by atoms with van der Waals surface area (Å²) in [6, 6.07) is 14.6. The molecule has 2 aromatic carbocycles. The molecule has 1 heterocycles. The van der Waals surface area contributed by atoms with Gasteiger partial charge in [0.05, 0.1) is 5.69 Å². The predicted molar refractivity (Wildman–Crippen MR) is 82.8 cm³/mol. The van der Waals surface area contributed by atoms with Gasteiger partial charge in [-0.2, -0.15) is 5.10 Å². The fourth-order valence-corrected chi connectivity index (χ4v) is 2.35. The zero-order valence-electron chi connectivity index (χ0n) is 12.0. The van der Waals surface area contributed by atoms with Crippen LogP contribution >= 0.6 is 0 Å². The number of para-hydroxylation sites is 1. The van der Waals surface area contributed by atoms with E-state index in [0.29, 0.717) is 17.1 Å². The van der Waals surface area contributed by atoms with Gasteiger partial charge in [0.25, 0.3) is 0 Å². The second-order valence-electron chi connectivity index (χ2n) is 5.09. The van der Waals surface area contributed by atoms with E-state index in [1.807, 2.05) is 44.2 Å². The van der Waals surface area contributed by atoms with Gasteiger partial charge in [-0.15, -0.1) is 0 Å². The number of aromatic nitrogens is 2. The molecule has 4 heteroatoms. The average molecular weight is 281 g/mol. The van der Waals surface area contributed by atoms with E-state index in [1.165, 1.54) is 6.07 Å². The first kappa shape index (κ1) is 13.4. The van der Waals surface area contributed by atoms with E-state index in [4.69, 9.17) is 5.73 Å². The fraction of sp³-hybridized carbons (Fsp3) is 0.118. The van der Waals surface area contributed by atoms with Gasteiger partial charge >= 0.3 is 0 Å². The highest BCUT2D eigenvalue weighted by Crippen LogP contribution is 2.30. The van der Waals surface area contributed by atoms with Crippen molar-refractivity contribution in [1.82, 2.24) is 9.78 Å². The molecule has 0 aliphatic heterocycles. The molecular weight excluding hydrogens is 265 g/mol. The molecule has 0 fully saturated rings. The van der Waals surface area contributed by atoms with Crippen molar-refractivity contribution in [2.75, 3.05) is 5.73 Å². The van der Waals surface area contributed by atoms with Crippen molar-refractivity contribution < 1.29 is 4.39 Å². The molecule has 3 aromatic rings. The maximum atomic E-state index is 14.1. The number of hydrogen-bond donors (Lipinski definition) is 1. The minimum atomic E-state index is -0.290. The summed E-state index contributed by atoms with van der Waals surface area (Å²) in [5, 5.41) is 4.50. The molecule has 0 atom stereocenters. The van der Waals surface area contributed by atoms with Crippen molar-refractivity contribution in [3.05, 3.63) is 65.5 Å². The van der Waals surface area contributed by atoms with Crippen LogP contribution in [0.1, 0.15) is 11.1 Å². The normalized spacial score (nSPS) is 10.8. The molecule has 3 nitrogen and oxygen atoms in total. The quantitative estimate of drug-likeness (QED) is 0.774. The first-order valence-corrected chi connectivity index (χ1v) is 6.75. The number of anilines is 1. The lowest BCUT2D eigenvalue weighted by atomic mass is 10.1. The molecule has 0 spiro atoms. The summed E-state index contributed by atoms with van der Waals surface area (Å²) in [7, 11) is 0. The molecule has 3 rings (SSSR count). The van der Waals surface area contributed by atoms with Gasteiger partial charge in [0.2, 0.25) is 0 Å². The van der Waals surface area contributed by atoms with E-state index in [0.717, 1.165) is 16.8 Å². The van der Waals surface area contributed by atoms with Gasteiger partial charge in [0.15, 0.2) is 0 Å². The molecule has 2 N–H and O–H groups in total. The van der Waals surface area contributed by atoms with Crippen molar-refractivity contribution in [3.63, 3.8) is 0 Å². The molecule has 21 heavy (non-hydrogen) atoms. The van der Waals surface area contributed by atoms with E-state index < -0.39 is 0 Å². The molecule has 0 saturated heterocycles. The number of nitrogens with zero attached hydrogens (tertiary/aromatic N) is 2. The number of hydrogen-bond acceptors (Lipinski definition) is 2. The van der Waals surface area contributed by atoms with Crippen LogP contribution in [-0.2, 0) is 0 Å². The molecule has 0 amide bonds. The van der Waals surface area contributed by atoms with Crippen molar-refractivity contribution in [1.29, 1.82) is 0 Å². The van der Waals surface area contributed by atoms with Crippen LogP contribution < -0.4 is 5.73 Å². The van der Waals surface area contributed by atoms with Gasteiger partial charge in [-0.3, -0.25) is 0 Å². The Morgan fingerprint density at radius 3 is 2.48 bits per heavy atom. The average Bonchev–Trinajstić information content (AvgIpc) is 2.79. The first-order chi connectivity index (χ1) is 10.1. The number of aryl methyl sites for hydroxylation is 1. The van der Waals surface area contributed by atoms with E-state index >= 15 is 0 Å². The number of halogens is 1. The number of nitrogens with two attached hydrogens (primary N) is 1. The molecule has 0 aliphatic carbocycles. The van der Waals surface area contributed by atoms with Crippen LogP contribution in [0.4, 0.5) is 10.2 Å². The summed E-state index contributed by atoms with van der Waals surface area (Å²) in [5.74, 6) is 0.235. The van der Waals surface area contributed by atoms with Crippen LogP contribution in [-0.4, -0.2) is 9.78 Å². The molecule has 0 bridgehead atoms. The monoisotopic (exact) mass is 281 g/mol. The highest BCUT2D eigenvalue weighted by Gasteiger charge is 2.17. The van der Waals surface area contributed by atoms with E-state index in [9.17, 15) is 4.39 Å². The third-order valence-electron chi connectivity index (χ3n) is 3.55. The molecule has 106 valence electrons. The lowest BCUT2D eigenvalue weighted by Crippen LogP contribution is -2.01. The third kappa shape index (κ3) is 2.29. The summed E-state index contributed by atoms with van der Waals surface area (Å²) in [6.45, 7) is 3.79. The number of nitrogen functional groups attached to an aromatic ring is 1. The van der Waals surface area contributed by atoms with E-state index in [2.05, 4.69) is 5.10 Å². The van der Waals surface area contributed by atoms with Gasteiger partial charge in [-0.05, 0) is 38.1 Å². The second-order valence-corrected chi connectivity index (χ2v) is 5.09. The second kappa shape index (κ2) is 5.05. The van der Waals surface area contributed by atoms with Gasteiger partial charge in [-0.25, -0.2) is 9.07 Å². The van der Waals surface area contributed by atoms with E-state index in [-0.39, 0.29) is 5.82 Å². The van der Waals surface area contributed by atoms with Crippen LogP contribution in [0.2, 0.25) is 0 Å². The minimum Gasteiger partial charge on any atom is -0.383 e. The van der Waals surface area contributed by atoms with E-state index in [1.54, 1.807) is 16.8 Å².